The van der Waals surface area contributed by atoms with Crippen molar-refractivity contribution in [3.63, 3.8) is 0 Å². The van der Waals surface area contributed by atoms with E-state index in [9.17, 15) is 4.79 Å². The van der Waals surface area contributed by atoms with Crippen molar-refractivity contribution in [3.8, 4) is 6.07 Å². The van der Waals surface area contributed by atoms with Gasteiger partial charge in [-0.25, -0.2) is 0 Å². The minimum absolute atomic E-state index is 0.0119. The summed E-state index contributed by atoms with van der Waals surface area (Å²) < 4.78 is 0. The predicted molar refractivity (Wildman–Crippen MR) is 62.5 cm³/mol. The molecule has 0 aromatic heterocycles. The van der Waals surface area contributed by atoms with Crippen LogP contribution in [0.5, 0.6) is 0 Å². The first kappa shape index (κ1) is 12.4. The van der Waals surface area contributed by atoms with Crippen molar-refractivity contribution >= 4 is 17.7 Å². The Bertz CT molecular complexity index is 281. The third kappa shape index (κ3) is 2.28. The maximum absolute atomic E-state index is 12.1. The van der Waals surface area contributed by atoms with Crippen LogP contribution in [0, 0.1) is 16.7 Å². The van der Waals surface area contributed by atoms with Crippen LogP contribution in [0.25, 0.3) is 0 Å². The first-order valence-corrected chi connectivity index (χ1v) is 6.64. The van der Waals surface area contributed by atoms with Gasteiger partial charge in [-0.15, -0.1) is 0 Å². The fourth-order valence-corrected chi connectivity index (χ4v) is 2.50. The van der Waals surface area contributed by atoms with Crippen molar-refractivity contribution in [2.45, 2.75) is 32.2 Å². The highest BCUT2D eigenvalue weighted by atomic mass is 32.2. The summed E-state index contributed by atoms with van der Waals surface area (Å²) in [6, 6.07) is 2.40. The minimum Gasteiger partial charge on any atom is -0.341 e. The van der Waals surface area contributed by atoms with Crippen molar-refractivity contribution in [1.29, 1.82) is 5.26 Å². The predicted octanol–water partition coefficient (Wildman–Crippen LogP) is 1.89. The van der Waals surface area contributed by atoms with Crippen molar-refractivity contribution in [2.75, 3.05) is 19.1 Å². The molecule has 0 saturated heterocycles. The van der Waals surface area contributed by atoms with Gasteiger partial charge in [-0.1, -0.05) is 0 Å². The number of nitriles is 1. The molecule has 1 aliphatic rings. The molecule has 0 spiro atoms. The number of rotatable bonds is 4. The SMILES string of the molecule is CSCC(C)N(C)C(=O)C1(C#N)CCC1. The van der Waals surface area contributed by atoms with Crippen LogP contribution in [-0.2, 0) is 4.79 Å². The van der Waals surface area contributed by atoms with Crippen molar-refractivity contribution in [3.05, 3.63) is 0 Å². The molecule has 0 aliphatic heterocycles. The molecule has 0 bridgehead atoms. The van der Waals surface area contributed by atoms with Crippen molar-refractivity contribution in [1.82, 2.24) is 4.90 Å². The van der Waals surface area contributed by atoms with Crippen LogP contribution in [0.2, 0.25) is 0 Å². The first-order chi connectivity index (χ1) is 7.07. The van der Waals surface area contributed by atoms with Crippen molar-refractivity contribution < 1.29 is 4.79 Å². The van der Waals surface area contributed by atoms with Gasteiger partial charge in [0.05, 0.1) is 6.07 Å². The molecule has 15 heavy (non-hydrogen) atoms. The number of carbonyl (C=O) groups excluding carboxylic acids is 1. The maximum Gasteiger partial charge on any atom is 0.243 e. The molecule has 0 N–H and O–H groups in total. The Morgan fingerprint density at radius 2 is 2.27 bits per heavy atom. The van der Waals surface area contributed by atoms with Crippen LogP contribution in [0.4, 0.5) is 0 Å². The topological polar surface area (TPSA) is 44.1 Å². The molecule has 0 radical (unpaired) electrons. The first-order valence-electron chi connectivity index (χ1n) is 5.25. The number of nitrogens with zero attached hydrogens (tertiary/aromatic N) is 2. The Morgan fingerprint density at radius 3 is 2.60 bits per heavy atom. The van der Waals surface area contributed by atoms with Gasteiger partial charge in [-0.2, -0.15) is 17.0 Å². The van der Waals surface area contributed by atoms with Gasteiger partial charge in [0.2, 0.25) is 5.91 Å². The zero-order valence-electron chi connectivity index (χ0n) is 9.62. The van der Waals surface area contributed by atoms with Gasteiger partial charge in [0, 0.05) is 18.8 Å². The van der Waals surface area contributed by atoms with E-state index in [4.69, 9.17) is 5.26 Å². The molecule has 4 heteroatoms. The monoisotopic (exact) mass is 226 g/mol. The molecule has 1 saturated carbocycles. The molecule has 1 amide bonds. The van der Waals surface area contributed by atoms with Crippen LogP contribution in [0.15, 0.2) is 0 Å². The summed E-state index contributed by atoms with van der Waals surface area (Å²) in [7, 11) is 1.81. The summed E-state index contributed by atoms with van der Waals surface area (Å²) in [6.07, 6.45) is 4.50. The third-order valence-corrected chi connectivity index (χ3v) is 4.04. The van der Waals surface area contributed by atoms with Crippen LogP contribution in [0.1, 0.15) is 26.2 Å². The third-order valence-electron chi connectivity index (χ3n) is 3.22. The van der Waals surface area contributed by atoms with Gasteiger partial charge >= 0.3 is 0 Å². The largest absolute Gasteiger partial charge is 0.341 e. The summed E-state index contributed by atoms with van der Waals surface area (Å²) in [5.41, 5.74) is -0.693. The lowest BCUT2D eigenvalue weighted by molar-refractivity contribution is -0.143. The summed E-state index contributed by atoms with van der Waals surface area (Å²) in [5, 5.41) is 9.06. The van der Waals surface area contributed by atoms with E-state index in [0.29, 0.717) is 0 Å². The Kier molecular flexibility index (Phi) is 4.04. The Labute approximate surface area is 95.8 Å². The fourth-order valence-electron chi connectivity index (χ4n) is 1.79. The average molecular weight is 226 g/mol. The Balaban J connectivity index is 2.64. The van der Waals surface area contributed by atoms with Gasteiger partial charge in [-0.05, 0) is 32.4 Å². The summed E-state index contributed by atoms with van der Waals surface area (Å²) in [5.74, 6) is 0.932. The highest BCUT2D eigenvalue weighted by Gasteiger charge is 2.46. The molecule has 0 heterocycles. The highest BCUT2D eigenvalue weighted by molar-refractivity contribution is 7.98. The second kappa shape index (κ2) is 4.89. The van der Waals surface area contributed by atoms with Crippen LogP contribution in [-0.4, -0.2) is 35.9 Å². The molecule has 1 atom stereocenters. The second-order valence-electron chi connectivity index (χ2n) is 4.27. The molecule has 1 unspecified atom stereocenters. The van der Waals surface area contributed by atoms with Gasteiger partial charge in [-0.3, -0.25) is 4.79 Å². The smallest absolute Gasteiger partial charge is 0.243 e. The molecular formula is C11H18N2OS. The van der Waals surface area contributed by atoms with Gasteiger partial charge < -0.3 is 4.90 Å². The minimum atomic E-state index is -0.693. The van der Waals surface area contributed by atoms with Crippen LogP contribution < -0.4 is 0 Å². The Morgan fingerprint density at radius 1 is 1.67 bits per heavy atom. The lowest BCUT2D eigenvalue weighted by atomic mass is 9.69. The number of hydrogen-bond donors (Lipinski definition) is 0. The molecule has 0 aromatic carbocycles. The van der Waals surface area contributed by atoms with E-state index in [0.717, 1.165) is 25.0 Å². The van der Waals surface area contributed by atoms with Gasteiger partial charge in [0.1, 0.15) is 5.41 Å². The average Bonchev–Trinajstić information content (AvgIpc) is 2.16. The van der Waals surface area contributed by atoms with E-state index in [1.165, 1.54) is 0 Å². The lowest BCUT2D eigenvalue weighted by Crippen LogP contribution is -2.49. The quantitative estimate of drug-likeness (QED) is 0.735. The molecule has 1 rings (SSSR count). The van der Waals surface area contributed by atoms with E-state index in [-0.39, 0.29) is 11.9 Å². The van der Waals surface area contributed by atoms with E-state index < -0.39 is 5.41 Å². The molecule has 1 aliphatic carbocycles. The normalized spacial score (nSPS) is 19.9. The van der Waals surface area contributed by atoms with E-state index in [1.807, 2.05) is 13.2 Å². The zero-order valence-corrected chi connectivity index (χ0v) is 10.4. The van der Waals surface area contributed by atoms with Crippen molar-refractivity contribution in [2.24, 2.45) is 5.41 Å². The maximum atomic E-state index is 12.1. The zero-order chi connectivity index (χ0) is 11.5. The molecular weight excluding hydrogens is 208 g/mol. The van der Waals surface area contributed by atoms with Crippen LogP contribution in [0.3, 0.4) is 0 Å². The van der Waals surface area contributed by atoms with E-state index in [1.54, 1.807) is 23.7 Å². The van der Waals surface area contributed by atoms with E-state index >= 15 is 0 Å². The molecule has 0 aromatic rings. The summed E-state index contributed by atoms with van der Waals surface area (Å²) in [6.45, 7) is 2.03. The molecule has 84 valence electrons. The highest BCUT2D eigenvalue weighted by Crippen LogP contribution is 2.41. The second-order valence-corrected chi connectivity index (χ2v) is 5.18. The summed E-state index contributed by atoms with van der Waals surface area (Å²) >= 11 is 1.72. The van der Waals surface area contributed by atoms with Crippen LogP contribution >= 0.6 is 11.8 Å². The fraction of sp³-hybridized carbons (Fsp3) is 0.818. The number of carbonyl (C=O) groups is 1. The molecule has 1 fully saturated rings. The number of thioether (sulfide) groups is 1. The standard InChI is InChI=1S/C11H18N2OS/c1-9(7-15-3)13(2)10(14)11(8-12)5-4-6-11/h9H,4-7H2,1-3H3. The number of amides is 1. The molecule has 3 nitrogen and oxygen atoms in total. The summed E-state index contributed by atoms with van der Waals surface area (Å²) in [4.78, 5) is 13.8. The van der Waals surface area contributed by atoms with Gasteiger partial charge in [0.15, 0.2) is 0 Å². The van der Waals surface area contributed by atoms with E-state index in [2.05, 4.69) is 6.07 Å². The Hall–Kier alpha value is -0.690. The lowest BCUT2D eigenvalue weighted by Gasteiger charge is -2.38. The number of hydrogen-bond acceptors (Lipinski definition) is 3. The van der Waals surface area contributed by atoms with Gasteiger partial charge in [0.25, 0.3) is 0 Å².